The van der Waals surface area contributed by atoms with Gasteiger partial charge in [0.25, 0.3) is 0 Å². The van der Waals surface area contributed by atoms with Crippen molar-refractivity contribution in [2.24, 2.45) is 7.05 Å². The lowest BCUT2D eigenvalue weighted by Crippen LogP contribution is -2.16. The van der Waals surface area contributed by atoms with Crippen LogP contribution in [0.3, 0.4) is 0 Å². The lowest BCUT2D eigenvalue weighted by molar-refractivity contribution is -0.0681. The minimum absolute atomic E-state index is 0.0806. The van der Waals surface area contributed by atoms with Crippen molar-refractivity contribution in [2.45, 2.75) is 38.4 Å². The van der Waals surface area contributed by atoms with Crippen molar-refractivity contribution >= 4 is 9.84 Å². The molecule has 174 valence electrons. The monoisotopic (exact) mass is 468 g/mol. The number of nitrogens with zero attached hydrogens (tertiary/aromatic N) is 2. The fraction of sp³-hybridized carbons (Fsp3) is 0.320. The predicted molar refractivity (Wildman–Crippen MR) is 127 cm³/mol. The van der Waals surface area contributed by atoms with Gasteiger partial charge in [-0.05, 0) is 56.2 Å². The molecule has 7 nitrogen and oxygen atoms in total. The van der Waals surface area contributed by atoms with Crippen molar-refractivity contribution in [2.75, 3.05) is 12.4 Å². The third-order valence-electron chi connectivity index (χ3n) is 5.17. The van der Waals surface area contributed by atoms with E-state index in [0.717, 1.165) is 22.5 Å². The third kappa shape index (κ3) is 5.82. The molecule has 0 saturated carbocycles. The number of aliphatic hydroxyl groups is 2. The van der Waals surface area contributed by atoms with Gasteiger partial charge in [0.05, 0.1) is 21.9 Å². The molecule has 0 atom stereocenters. The fourth-order valence-electron chi connectivity index (χ4n) is 3.56. The van der Waals surface area contributed by atoms with E-state index in [1.807, 2.05) is 44.6 Å². The van der Waals surface area contributed by atoms with Crippen LogP contribution in [0.15, 0.2) is 47.4 Å². The molecule has 0 fully saturated rings. The molecule has 2 aromatic carbocycles. The van der Waals surface area contributed by atoms with Gasteiger partial charge in [0.15, 0.2) is 16.1 Å². The molecule has 0 saturated heterocycles. The number of aromatic nitrogens is 2. The van der Waals surface area contributed by atoms with E-state index in [-0.39, 0.29) is 17.3 Å². The number of ether oxygens (including phenoxy) is 1. The number of aryl methyl sites for hydroxylation is 2. The Bertz CT molecular complexity index is 1310. The van der Waals surface area contributed by atoms with Gasteiger partial charge in [0, 0.05) is 23.9 Å². The Balaban J connectivity index is 2.05. The van der Waals surface area contributed by atoms with Crippen LogP contribution >= 0.6 is 0 Å². The van der Waals surface area contributed by atoms with Crippen LogP contribution in [0.2, 0.25) is 0 Å². The molecule has 0 aliphatic heterocycles. The summed E-state index contributed by atoms with van der Waals surface area (Å²) >= 11 is 0. The number of hydrogen-bond donors (Lipinski definition) is 2. The van der Waals surface area contributed by atoms with Gasteiger partial charge in [0.1, 0.15) is 12.4 Å². The van der Waals surface area contributed by atoms with Crippen LogP contribution in [0, 0.1) is 25.7 Å². The first-order valence-electron chi connectivity index (χ1n) is 10.6. The van der Waals surface area contributed by atoms with Crippen LogP contribution in [0.1, 0.15) is 35.9 Å². The Labute approximate surface area is 194 Å². The molecule has 0 aliphatic carbocycles. The summed E-state index contributed by atoms with van der Waals surface area (Å²) in [5.41, 5.74) is 4.86. The average molecular weight is 469 g/mol. The highest BCUT2D eigenvalue weighted by molar-refractivity contribution is 7.91. The summed E-state index contributed by atoms with van der Waals surface area (Å²) in [5.74, 6) is 6.55. The number of hydrogen-bond acceptors (Lipinski definition) is 6. The molecule has 2 N–H and O–H groups in total. The predicted octanol–water partition coefficient (Wildman–Crippen LogP) is 2.98. The largest absolute Gasteiger partial charge is 0.487 e. The molecule has 0 spiro atoms. The first-order valence-corrected chi connectivity index (χ1v) is 12.3. The fourth-order valence-corrected chi connectivity index (χ4v) is 4.92. The van der Waals surface area contributed by atoms with Gasteiger partial charge in [-0.3, -0.25) is 4.68 Å². The number of benzene rings is 2. The summed E-state index contributed by atoms with van der Waals surface area (Å²) in [6.07, 6.45) is -1.08. The first-order chi connectivity index (χ1) is 15.6. The SMILES string of the molecule is CCCS(=O)(=O)c1cccc(C#Cc2cc(-c3c(C)nn(C)c3C)ccc2OCC(O)O)c1. The van der Waals surface area contributed by atoms with Crippen LogP contribution < -0.4 is 4.74 Å². The van der Waals surface area contributed by atoms with E-state index in [0.29, 0.717) is 23.3 Å². The molecule has 33 heavy (non-hydrogen) atoms. The van der Waals surface area contributed by atoms with Gasteiger partial charge in [-0.15, -0.1) is 0 Å². The lowest BCUT2D eigenvalue weighted by atomic mass is 10.0. The molecule has 0 unspecified atom stereocenters. The molecular formula is C25H28N2O5S. The second kappa shape index (κ2) is 10.2. The standard InChI is InChI=1S/C25H28N2O5S/c1-5-13-33(30,31)22-8-6-7-19(14-22)9-10-20-15-21(11-12-23(20)32-16-24(28)29)25-17(2)26-27(4)18(25)3/h6-8,11-12,14-15,24,28-29H,5,13,16H2,1-4H3. The van der Waals surface area contributed by atoms with E-state index < -0.39 is 16.1 Å². The van der Waals surface area contributed by atoms with Crippen molar-refractivity contribution in [3.63, 3.8) is 0 Å². The summed E-state index contributed by atoms with van der Waals surface area (Å²) in [6.45, 7) is 5.44. The van der Waals surface area contributed by atoms with E-state index in [1.165, 1.54) is 0 Å². The normalized spacial score (nSPS) is 11.4. The summed E-state index contributed by atoms with van der Waals surface area (Å²) in [5, 5.41) is 22.9. The van der Waals surface area contributed by atoms with Crippen LogP contribution in [-0.2, 0) is 16.9 Å². The van der Waals surface area contributed by atoms with Gasteiger partial charge >= 0.3 is 0 Å². The topological polar surface area (TPSA) is 102 Å². The smallest absolute Gasteiger partial charge is 0.186 e. The molecule has 3 rings (SSSR count). The van der Waals surface area contributed by atoms with Crippen LogP contribution in [0.4, 0.5) is 0 Å². The molecule has 1 aromatic heterocycles. The van der Waals surface area contributed by atoms with Crippen LogP contribution in [0.25, 0.3) is 11.1 Å². The maximum absolute atomic E-state index is 12.4. The number of rotatable bonds is 7. The molecule has 0 aliphatic rings. The Morgan fingerprint density at radius 3 is 2.52 bits per heavy atom. The van der Waals surface area contributed by atoms with Gasteiger partial charge in [0.2, 0.25) is 0 Å². The zero-order chi connectivity index (χ0) is 24.2. The molecule has 1 heterocycles. The highest BCUT2D eigenvalue weighted by Crippen LogP contribution is 2.30. The van der Waals surface area contributed by atoms with Crippen LogP contribution in [0.5, 0.6) is 5.75 Å². The second-order valence-corrected chi connectivity index (χ2v) is 9.88. The zero-order valence-electron chi connectivity index (χ0n) is 19.2. The molecular weight excluding hydrogens is 440 g/mol. The Morgan fingerprint density at radius 1 is 1.12 bits per heavy atom. The minimum atomic E-state index is -3.35. The average Bonchev–Trinajstić information content (AvgIpc) is 3.02. The molecule has 0 amide bonds. The third-order valence-corrected chi connectivity index (χ3v) is 7.09. The van der Waals surface area contributed by atoms with Crippen molar-refractivity contribution in [1.29, 1.82) is 0 Å². The zero-order valence-corrected chi connectivity index (χ0v) is 20.0. The lowest BCUT2D eigenvalue weighted by Gasteiger charge is -2.11. The van der Waals surface area contributed by atoms with Gasteiger partial charge in [-0.25, -0.2) is 8.42 Å². The highest BCUT2D eigenvalue weighted by atomic mass is 32.2. The molecule has 0 bridgehead atoms. The maximum Gasteiger partial charge on any atom is 0.186 e. The summed E-state index contributed by atoms with van der Waals surface area (Å²) in [4.78, 5) is 0.242. The van der Waals surface area contributed by atoms with Crippen molar-refractivity contribution in [3.8, 4) is 28.7 Å². The van der Waals surface area contributed by atoms with E-state index in [2.05, 4.69) is 16.9 Å². The van der Waals surface area contributed by atoms with Crippen molar-refractivity contribution in [3.05, 3.63) is 65.0 Å². The number of aliphatic hydroxyl groups excluding tert-OH is 1. The first kappa shape index (κ1) is 24.5. The molecule has 3 aromatic rings. The van der Waals surface area contributed by atoms with Gasteiger partial charge in [-0.1, -0.05) is 30.9 Å². The summed E-state index contributed by atoms with van der Waals surface area (Å²) < 4.78 is 32.2. The summed E-state index contributed by atoms with van der Waals surface area (Å²) in [6, 6.07) is 12.0. The van der Waals surface area contributed by atoms with E-state index >= 15 is 0 Å². The quantitative estimate of drug-likeness (QED) is 0.408. The Morgan fingerprint density at radius 2 is 1.88 bits per heavy atom. The Hall–Kier alpha value is -3.12. The molecule has 0 radical (unpaired) electrons. The highest BCUT2D eigenvalue weighted by Gasteiger charge is 2.15. The van der Waals surface area contributed by atoms with E-state index in [4.69, 9.17) is 4.74 Å². The molecule has 8 heteroatoms. The van der Waals surface area contributed by atoms with Gasteiger partial charge < -0.3 is 14.9 Å². The van der Waals surface area contributed by atoms with Crippen molar-refractivity contribution in [1.82, 2.24) is 9.78 Å². The van der Waals surface area contributed by atoms with Crippen molar-refractivity contribution < 1.29 is 23.4 Å². The minimum Gasteiger partial charge on any atom is -0.487 e. The van der Waals surface area contributed by atoms with Crippen LogP contribution in [-0.4, -0.2) is 47.1 Å². The van der Waals surface area contributed by atoms with E-state index in [1.54, 1.807) is 30.3 Å². The number of sulfone groups is 1. The summed E-state index contributed by atoms with van der Waals surface area (Å²) in [7, 11) is -1.47. The maximum atomic E-state index is 12.4. The van der Waals surface area contributed by atoms with Gasteiger partial charge in [-0.2, -0.15) is 5.10 Å². The Kier molecular flexibility index (Phi) is 7.59. The second-order valence-electron chi connectivity index (χ2n) is 7.77. The van der Waals surface area contributed by atoms with E-state index in [9.17, 15) is 18.6 Å².